The van der Waals surface area contributed by atoms with Gasteiger partial charge in [-0.1, -0.05) is 24.4 Å². The van der Waals surface area contributed by atoms with E-state index in [0.717, 1.165) is 11.3 Å². The summed E-state index contributed by atoms with van der Waals surface area (Å²) in [5.74, 6) is 0.768. The molecule has 2 aromatic rings. The predicted molar refractivity (Wildman–Crippen MR) is 86.8 cm³/mol. The summed E-state index contributed by atoms with van der Waals surface area (Å²) in [6.07, 6.45) is 4.16. The molecule has 2 rings (SSSR count). The lowest BCUT2D eigenvalue weighted by molar-refractivity contribution is 0.296. The first-order chi connectivity index (χ1) is 10.1. The van der Waals surface area contributed by atoms with Crippen molar-refractivity contribution in [3.63, 3.8) is 0 Å². The molecule has 6 heteroatoms. The van der Waals surface area contributed by atoms with Crippen LogP contribution in [0, 0.1) is 0 Å². The zero-order chi connectivity index (χ0) is 15.2. The molecule has 0 aliphatic rings. The van der Waals surface area contributed by atoms with Gasteiger partial charge in [0, 0.05) is 25.4 Å². The van der Waals surface area contributed by atoms with Crippen LogP contribution >= 0.6 is 12.2 Å². The molecule has 112 valence electrons. The van der Waals surface area contributed by atoms with Crippen molar-refractivity contribution >= 4 is 17.2 Å². The molecule has 0 atom stereocenters. The highest BCUT2D eigenvalue weighted by Gasteiger charge is 2.02. The summed E-state index contributed by atoms with van der Waals surface area (Å²) in [5.41, 5.74) is 6.56. The molecule has 0 fully saturated rings. The Morgan fingerprint density at radius 1 is 1.24 bits per heavy atom. The second-order valence-corrected chi connectivity index (χ2v) is 5.22. The van der Waals surface area contributed by atoms with Crippen molar-refractivity contribution in [3.8, 4) is 5.75 Å². The highest BCUT2D eigenvalue weighted by molar-refractivity contribution is 7.80. The van der Waals surface area contributed by atoms with E-state index in [1.165, 1.54) is 0 Å². The summed E-state index contributed by atoms with van der Waals surface area (Å²) in [6.45, 7) is 3.59. The summed E-state index contributed by atoms with van der Waals surface area (Å²) in [5, 5.41) is 0. The zero-order valence-electron chi connectivity index (χ0n) is 12.0. The van der Waals surface area contributed by atoms with Gasteiger partial charge in [0.15, 0.2) is 0 Å². The van der Waals surface area contributed by atoms with E-state index in [9.17, 15) is 4.79 Å². The van der Waals surface area contributed by atoms with E-state index in [-0.39, 0.29) is 5.69 Å². The minimum absolute atomic E-state index is 0.00657. The van der Waals surface area contributed by atoms with Crippen molar-refractivity contribution < 1.29 is 4.74 Å². The zero-order valence-corrected chi connectivity index (χ0v) is 12.8. The smallest absolute Gasteiger partial charge is 0.328 e. The monoisotopic (exact) mass is 305 g/mol. The van der Waals surface area contributed by atoms with Crippen LogP contribution in [0.5, 0.6) is 5.75 Å². The van der Waals surface area contributed by atoms with Crippen LogP contribution in [-0.2, 0) is 19.5 Å². The van der Waals surface area contributed by atoms with Gasteiger partial charge in [-0.15, -0.1) is 0 Å². The normalized spacial score (nSPS) is 10.5. The fourth-order valence-electron chi connectivity index (χ4n) is 2.03. The molecule has 0 aliphatic heterocycles. The number of nitrogens with two attached hydrogens (primary N) is 1. The Morgan fingerprint density at radius 3 is 2.48 bits per heavy atom. The summed E-state index contributed by atoms with van der Waals surface area (Å²) in [7, 11) is 0. The summed E-state index contributed by atoms with van der Waals surface area (Å²) in [6, 6.07) is 7.64. The van der Waals surface area contributed by atoms with Gasteiger partial charge in [-0.25, -0.2) is 4.79 Å². The van der Waals surface area contributed by atoms with Gasteiger partial charge in [-0.2, -0.15) is 0 Å². The molecule has 0 saturated carbocycles. The van der Waals surface area contributed by atoms with Crippen molar-refractivity contribution in [2.75, 3.05) is 6.61 Å². The number of ether oxygens (including phenoxy) is 1. The SMILES string of the molecule is CCn1ccn(CCOc2ccc(CC(N)=S)cc2)c1=O. The third-order valence-corrected chi connectivity index (χ3v) is 3.31. The number of hydrogen-bond acceptors (Lipinski definition) is 3. The van der Waals surface area contributed by atoms with E-state index in [1.54, 1.807) is 21.5 Å². The van der Waals surface area contributed by atoms with Crippen molar-refractivity contribution in [1.82, 2.24) is 9.13 Å². The van der Waals surface area contributed by atoms with Crippen molar-refractivity contribution in [3.05, 3.63) is 52.7 Å². The van der Waals surface area contributed by atoms with E-state index >= 15 is 0 Å². The number of aryl methyl sites for hydroxylation is 1. The number of rotatable bonds is 7. The number of benzene rings is 1. The van der Waals surface area contributed by atoms with Crippen molar-refractivity contribution in [2.45, 2.75) is 26.4 Å². The number of hydrogen-bond donors (Lipinski definition) is 1. The van der Waals surface area contributed by atoms with Gasteiger partial charge in [0.2, 0.25) is 0 Å². The van der Waals surface area contributed by atoms with E-state index in [0.29, 0.717) is 31.1 Å². The van der Waals surface area contributed by atoms with Gasteiger partial charge >= 0.3 is 5.69 Å². The average molecular weight is 305 g/mol. The van der Waals surface area contributed by atoms with E-state index in [2.05, 4.69) is 0 Å². The molecule has 0 saturated heterocycles. The second kappa shape index (κ2) is 7.08. The van der Waals surface area contributed by atoms with Gasteiger partial charge in [0.05, 0.1) is 11.5 Å². The van der Waals surface area contributed by atoms with Crippen molar-refractivity contribution in [2.24, 2.45) is 5.73 Å². The molecule has 0 spiro atoms. The summed E-state index contributed by atoms with van der Waals surface area (Å²) >= 11 is 4.87. The molecule has 0 radical (unpaired) electrons. The van der Waals surface area contributed by atoms with Crippen LogP contribution in [0.25, 0.3) is 0 Å². The number of nitrogens with zero attached hydrogens (tertiary/aromatic N) is 2. The molecule has 0 aliphatic carbocycles. The summed E-state index contributed by atoms with van der Waals surface area (Å²) in [4.78, 5) is 12.3. The molecule has 2 N–H and O–H groups in total. The number of imidazole rings is 1. The minimum atomic E-state index is -0.00657. The first kappa shape index (κ1) is 15.3. The Kier molecular flexibility index (Phi) is 5.16. The lowest BCUT2D eigenvalue weighted by Gasteiger charge is -2.07. The van der Waals surface area contributed by atoms with Crippen LogP contribution in [0.3, 0.4) is 0 Å². The first-order valence-corrected chi connectivity index (χ1v) is 7.26. The van der Waals surface area contributed by atoms with Gasteiger partial charge in [0.1, 0.15) is 12.4 Å². The highest BCUT2D eigenvalue weighted by atomic mass is 32.1. The van der Waals surface area contributed by atoms with Crippen LogP contribution in [-0.4, -0.2) is 20.7 Å². The third kappa shape index (κ3) is 4.19. The van der Waals surface area contributed by atoms with Gasteiger partial charge in [-0.3, -0.25) is 9.13 Å². The van der Waals surface area contributed by atoms with Crippen LogP contribution < -0.4 is 16.2 Å². The maximum absolute atomic E-state index is 11.8. The largest absolute Gasteiger partial charge is 0.492 e. The average Bonchev–Trinajstić information content (AvgIpc) is 2.81. The number of thiocarbonyl (C=S) groups is 1. The predicted octanol–water partition coefficient (Wildman–Crippen LogP) is 1.58. The fourth-order valence-corrected chi connectivity index (χ4v) is 2.20. The van der Waals surface area contributed by atoms with Crippen LogP contribution in [0.15, 0.2) is 41.5 Å². The molecule has 1 aromatic carbocycles. The molecular formula is C15H19N3O2S. The molecule has 21 heavy (non-hydrogen) atoms. The Balaban J connectivity index is 1.87. The molecule has 0 unspecified atom stereocenters. The molecule has 1 aromatic heterocycles. The van der Waals surface area contributed by atoms with E-state index in [4.69, 9.17) is 22.7 Å². The lowest BCUT2D eigenvalue weighted by atomic mass is 10.1. The third-order valence-electron chi connectivity index (χ3n) is 3.16. The Morgan fingerprint density at radius 2 is 1.90 bits per heavy atom. The molecule has 0 amide bonds. The quantitative estimate of drug-likeness (QED) is 0.789. The van der Waals surface area contributed by atoms with E-state index < -0.39 is 0 Å². The molecule has 1 heterocycles. The Hall–Kier alpha value is -2.08. The molecule has 5 nitrogen and oxygen atoms in total. The first-order valence-electron chi connectivity index (χ1n) is 6.85. The summed E-state index contributed by atoms with van der Waals surface area (Å²) < 4.78 is 8.94. The topological polar surface area (TPSA) is 62.2 Å². The Bertz CT molecular complexity index is 658. The maximum Gasteiger partial charge on any atom is 0.328 e. The van der Waals surface area contributed by atoms with Crippen LogP contribution in [0.2, 0.25) is 0 Å². The minimum Gasteiger partial charge on any atom is -0.492 e. The molecular weight excluding hydrogens is 286 g/mol. The standard InChI is InChI=1S/C15H19N3O2S/c1-2-17-7-8-18(15(17)19)9-10-20-13-5-3-12(4-6-13)11-14(16)21/h3-8H,2,9-11H2,1H3,(H2,16,21). The molecule has 0 bridgehead atoms. The maximum atomic E-state index is 11.8. The number of aromatic nitrogens is 2. The van der Waals surface area contributed by atoms with Crippen LogP contribution in [0.4, 0.5) is 0 Å². The lowest BCUT2D eigenvalue weighted by Crippen LogP contribution is -2.25. The highest BCUT2D eigenvalue weighted by Crippen LogP contribution is 2.12. The van der Waals surface area contributed by atoms with Gasteiger partial charge in [-0.05, 0) is 24.6 Å². The van der Waals surface area contributed by atoms with Gasteiger partial charge in [0.25, 0.3) is 0 Å². The Labute approximate surface area is 129 Å². The van der Waals surface area contributed by atoms with E-state index in [1.807, 2.05) is 31.2 Å². The second-order valence-electron chi connectivity index (χ2n) is 4.70. The van der Waals surface area contributed by atoms with Crippen molar-refractivity contribution in [1.29, 1.82) is 0 Å². The fraction of sp³-hybridized carbons (Fsp3) is 0.333. The van der Waals surface area contributed by atoms with Crippen LogP contribution in [0.1, 0.15) is 12.5 Å². The van der Waals surface area contributed by atoms with Gasteiger partial charge < -0.3 is 10.5 Å².